The van der Waals surface area contributed by atoms with Gasteiger partial charge in [0.25, 0.3) is 0 Å². The Balaban J connectivity index is 1.78. The van der Waals surface area contributed by atoms with Gasteiger partial charge < -0.3 is 15.0 Å². The van der Waals surface area contributed by atoms with Gasteiger partial charge in [-0.15, -0.1) is 0 Å². The number of nitrogens with zero attached hydrogens (tertiary/aromatic N) is 3. The lowest BCUT2D eigenvalue weighted by atomic mass is 9.99. The Morgan fingerprint density at radius 2 is 1.64 bits per heavy atom. The molecule has 0 fully saturated rings. The number of aromatic hydroxyl groups is 1. The predicted molar refractivity (Wildman–Crippen MR) is 158 cm³/mol. The molecule has 4 rings (SSSR count). The summed E-state index contributed by atoms with van der Waals surface area (Å²) in [6.07, 6.45) is 2.42. The summed E-state index contributed by atoms with van der Waals surface area (Å²) < 4.78 is 26.3. The minimum Gasteiger partial charge on any atom is -0.494 e. The molecule has 0 amide bonds. The minimum atomic E-state index is -3.46. The summed E-state index contributed by atoms with van der Waals surface area (Å²) in [5, 5.41) is 11.7. The highest BCUT2D eigenvalue weighted by Gasteiger charge is 2.21. The van der Waals surface area contributed by atoms with Crippen LogP contribution in [0.3, 0.4) is 0 Å². The third-order valence-corrected chi connectivity index (χ3v) is 7.59. The van der Waals surface area contributed by atoms with E-state index in [0.717, 1.165) is 17.4 Å². The molecule has 0 aliphatic heterocycles. The van der Waals surface area contributed by atoms with Gasteiger partial charge in [0, 0.05) is 41.5 Å². The van der Waals surface area contributed by atoms with Gasteiger partial charge >= 0.3 is 0 Å². The van der Waals surface area contributed by atoms with Crippen molar-refractivity contribution in [3.63, 3.8) is 0 Å². The number of hydrogen-bond donors (Lipinski definition) is 2. The van der Waals surface area contributed by atoms with Crippen molar-refractivity contribution >= 4 is 43.8 Å². The second kappa shape index (κ2) is 11.8. The fraction of sp³-hybridized carbons (Fsp3) is 0.267. The lowest BCUT2D eigenvalue weighted by Crippen LogP contribution is -2.35. The minimum absolute atomic E-state index is 0.0451. The number of carbonyl (C=O) groups excluding carboxylic acids is 1. The zero-order chi connectivity index (χ0) is 28.2. The third kappa shape index (κ3) is 6.55. The molecule has 0 radical (unpaired) electrons. The maximum atomic E-state index is 12.4. The van der Waals surface area contributed by atoms with E-state index in [-0.39, 0.29) is 11.7 Å². The van der Waals surface area contributed by atoms with Gasteiger partial charge in [-0.25, -0.2) is 13.4 Å². The molecule has 2 N–H and O–H groups in total. The first kappa shape index (κ1) is 28.1. The standard InChI is InChI=1S/C30H34N4O4S/c1-5-9-27(35)22-12-17-25-26(20-22)32-30(36)28(25)29(21-10-7-6-8-11-21)31-23-13-15-24(16-14-23)34(39(4,37)38)19-18-33(2)3/h6-8,10-17,20,32,36H,5,9,18-19H2,1-4H3. The lowest BCUT2D eigenvalue weighted by Gasteiger charge is -2.24. The van der Waals surface area contributed by atoms with Gasteiger partial charge in [0.1, 0.15) is 0 Å². The Hall–Kier alpha value is -3.95. The summed E-state index contributed by atoms with van der Waals surface area (Å²) in [6.45, 7) is 2.87. The van der Waals surface area contributed by atoms with Gasteiger partial charge in [0.2, 0.25) is 10.0 Å². The predicted octanol–water partition coefficient (Wildman–Crippen LogP) is 5.35. The molecule has 0 atom stereocenters. The number of H-pyrrole nitrogens is 1. The van der Waals surface area contributed by atoms with Crippen molar-refractivity contribution in [2.75, 3.05) is 37.7 Å². The summed E-state index contributed by atoms with van der Waals surface area (Å²) in [6, 6.07) is 21.9. The first-order valence-electron chi connectivity index (χ1n) is 12.8. The number of likely N-dealkylation sites (N-methyl/N-ethyl adjacent to an activating group) is 1. The fourth-order valence-corrected chi connectivity index (χ4v) is 5.35. The van der Waals surface area contributed by atoms with Crippen LogP contribution in [0.25, 0.3) is 10.9 Å². The van der Waals surface area contributed by atoms with Crippen LogP contribution in [0.15, 0.2) is 77.8 Å². The first-order valence-corrected chi connectivity index (χ1v) is 14.7. The SMILES string of the molecule is CCCC(=O)c1ccc2c(C(=Nc3ccc(N(CCN(C)C)S(C)(=O)=O)cc3)c3ccccc3)c(O)[nH]c2c1. The van der Waals surface area contributed by atoms with Crippen LogP contribution < -0.4 is 4.31 Å². The van der Waals surface area contributed by atoms with Gasteiger partial charge in [-0.05, 0) is 50.8 Å². The van der Waals surface area contributed by atoms with Gasteiger partial charge in [-0.2, -0.15) is 0 Å². The molecule has 4 aromatic rings. The van der Waals surface area contributed by atoms with Crippen LogP contribution >= 0.6 is 0 Å². The Bertz CT molecular complexity index is 1590. The smallest absolute Gasteiger partial charge is 0.232 e. The van der Waals surface area contributed by atoms with E-state index in [2.05, 4.69) is 4.98 Å². The van der Waals surface area contributed by atoms with Crippen molar-refractivity contribution in [1.29, 1.82) is 0 Å². The Morgan fingerprint density at radius 3 is 2.26 bits per heavy atom. The van der Waals surface area contributed by atoms with Gasteiger partial charge in [-0.3, -0.25) is 9.10 Å². The largest absolute Gasteiger partial charge is 0.494 e. The van der Waals surface area contributed by atoms with Crippen LogP contribution in [-0.2, 0) is 10.0 Å². The van der Waals surface area contributed by atoms with Gasteiger partial charge in [-0.1, -0.05) is 49.4 Å². The van der Waals surface area contributed by atoms with Crippen molar-refractivity contribution in [1.82, 2.24) is 9.88 Å². The molecule has 0 saturated carbocycles. The number of fused-ring (bicyclic) bond motifs is 1. The summed E-state index contributed by atoms with van der Waals surface area (Å²) in [5.41, 5.74) is 4.27. The van der Waals surface area contributed by atoms with E-state index in [1.165, 1.54) is 10.6 Å². The number of benzene rings is 3. The van der Waals surface area contributed by atoms with Crippen molar-refractivity contribution < 1.29 is 18.3 Å². The van der Waals surface area contributed by atoms with Crippen LogP contribution in [0.1, 0.15) is 41.3 Å². The van der Waals surface area contributed by atoms with Crippen LogP contribution in [-0.4, -0.2) is 68.3 Å². The number of Topliss-reactive ketones (excluding diaryl/α,β-unsaturated/α-hetero) is 1. The number of aromatic amines is 1. The number of anilines is 1. The van der Waals surface area contributed by atoms with E-state index >= 15 is 0 Å². The Morgan fingerprint density at radius 1 is 0.949 bits per heavy atom. The summed E-state index contributed by atoms with van der Waals surface area (Å²) in [4.78, 5) is 22.3. The lowest BCUT2D eigenvalue weighted by molar-refractivity contribution is 0.0982. The highest BCUT2D eigenvalue weighted by atomic mass is 32.2. The van der Waals surface area contributed by atoms with E-state index in [9.17, 15) is 18.3 Å². The third-order valence-electron chi connectivity index (χ3n) is 6.39. The first-order chi connectivity index (χ1) is 18.6. The summed E-state index contributed by atoms with van der Waals surface area (Å²) in [5.74, 6) is 0.0112. The molecule has 1 heterocycles. The molecule has 204 valence electrons. The number of nitrogens with one attached hydrogen (secondary N) is 1. The normalized spacial score (nSPS) is 12.3. The maximum absolute atomic E-state index is 12.4. The summed E-state index contributed by atoms with van der Waals surface area (Å²) >= 11 is 0. The number of carbonyl (C=O) groups is 1. The average molecular weight is 547 g/mol. The number of ketones is 1. The number of rotatable bonds is 11. The molecule has 0 saturated heterocycles. The Labute approximate surface area is 229 Å². The zero-order valence-electron chi connectivity index (χ0n) is 22.7. The number of aromatic nitrogens is 1. The molecule has 3 aromatic carbocycles. The quantitative estimate of drug-likeness (QED) is 0.195. The van der Waals surface area contributed by atoms with Crippen molar-refractivity contribution in [2.45, 2.75) is 19.8 Å². The molecular formula is C30H34N4O4S. The maximum Gasteiger partial charge on any atom is 0.232 e. The molecule has 0 aliphatic carbocycles. The fourth-order valence-electron chi connectivity index (χ4n) is 4.43. The average Bonchev–Trinajstić information content (AvgIpc) is 3.22. The van der Waals surface area contributed by atoms with Crippen LogP contribution in [0.4, 0.5) is 11.4 Å². The zero-order valence-corrected chi connectivity index (χ0v) is 23.5. The van der Waals surface area contributed by atoms with Crippen molar-refractivity contribution in [3.05, 3.63) is 89.5 Å². The highest BCUT2D eigenvalue weighted by Crippen LogP contribution is 2.33. The molecule has 9 heteroatoms. The van der Waals surface area contributed by atoms with E-state index < -0.39 is 10.0 Å². The summed E-state index contributed by atoms with van der Waals surface area (Å²) in [7, 11) is 0.331. The Kier molecular flexibility index (Phi) is 8.52. The second-order valence-electron chi connectivity index (χ2n) is 9.76. The number of aliphatic imine (C=N–C) groups is 1. The number of sulfonamides is 1. The monoisotopic (exact) mass is 546 g/mol. The van der Waals surface area contributed by atoms with Crippen molar-refractivity contribution in [2.24, 2.45) is 4.99 Å². The second-order valence-corrected chi connectivity index (χ2v) is 11.7. The van der Waals surface area contributed by atoms with Crippen LogP contribution in [0, 0.1) is 0 Å². The van der Waals surface area contributed by atoms with E-state index in [1.807, 2.05) is 62.3 Å². The molecule has 39 heavy (non-hydrogen) atoms. The van der Waals surface area contributed by atoms with E-state index in [4.69, 9.17) is 4.99 Å². The topological polar surface area (TPSA) is 106 Å². The molecule has 0 unspecified atom stereocenters. The molecule has 0 aliphatic rings. The molecule has 0 spiro atoms. The van der Waals surface area contributed by atoms with Gasteiger partial charge in [0.15, 0.2) is 11.7 Å². The van der Waals surface area contributed by atoms with E-state index in [1.54, 1.807) is 36.4 Å². The van der Waals surface area contributed by atoms with Crippen LogP contribution in [0.2, 0.25) is 0 Å². The molecular weight excluding hydrogens is 512 g/mol. The van der Waals surface area contributed by atoms with E-state index in [0.29, 0.717) is 53.2 Å². The molecule has 0 bridgehead atoms. The van der Waals surface area contributed by atoms with Crippen LogP contribution in [0.5, 0.6) is 5.88 Å². The van der Waals surface area contributed by atoms with Crippen molar-refractivity contribution in [3.8, 4) is 5.88 Å². The highest BCUT2D eigenvalue weighted by molar-refractivity contribution is 7.92. The van der Waals surface area contributed by atoms with Gasteiger partial charge in [0.05, 0.1) is 28.9 Å². The number of hydrogen-bond acceptors (Lipinski definition) is 6. The molecule has 1 aromatic heterocycles. The molecule has 8 nitrogen and oxygen atoms in total.